The Kier molecular flexibility index (Phi) is 6.38. The molecule has 0 bridgehead atoms. The molecule has 118 valence electrons. The molecule has 0 aromatic heterocycles. The van der Waals surface area contributed by atoms with Crippen LogP contribution in [0.2, 0.25) is 5.02 Å². The lowest BCUT2D eigenvalue weighted by Gasteiger charge is -2.36. The van der Waals surface area contributed by atoms with Gasteiger partial charge in [0.2, 0.25) is 0 Å². The van der Waals surface area contributed by atoms with Gasteiger partial charge in [0, 0.05) is 11.1 Å². The van der Waals surface area contributed by atoms with Crippen LogP contribution in [0.15, 0.2) is 24.3 Å². The Labute approximate surface area is 134 Å². The molecule has 2 nitrogen and oxygen atoms in total. The van der Waals surface area contributed by atoms with Crippen LogP contribution in [0.1, 0.15) is 46.0 Å². The van der Waals surface area contributed by atoms with Gasteiger partial charge in [0.1, 0.15) is 11.9 Å². The van der Waals surface area contributed by atoms with Gasteiger partial charge in [0.15, 0.2) is 0 Å². The number of hydrogen-bond acceptors (Lipinski definition) is 2. The van der Waals surface area contributed by atoms with Crippen molar-refractivity contribution in [2.75, 3.05) is 7.05 Å². The van der Waals surface area contributed by atoms with Crippen molar-refractivity contribution in [3.8, 4) is 5.75 Å². The second-order valence-electron chi connectivity index (χ2n) is 6.28. The van der Waals surface area contributed by atoms with Gasteiger partial charge in [-0.1, -0.05) is 43.9 Å². The number of hydrogen-bond donors (Lipinski definition) is 1. The van der Waals surface area contributed by atoms with Crippen molar-refractivity contribution in [1.29, 1.82) is 0 Å². The van der Waals surface area contributed by atoms with E-state index < -0.39 is 0 Å². The summed E-state index contributed by atoms with van der Waals surface area (Å²) in [4.78, 5) is 0. The molecule has 0 heterocycles. The summed E-state index contributed by atoms with van der Waals surface area (Å²) in [5.74, 6) is 2.51. The van der Waals surface area contributed by atoms with E-state index in [0.29, 0.717) is 12.0 Å². The Morgan fingerprint density at radius 2 is 2.00 bits per heavy atom. The third kappa shape index (κ3) is 4.62. The Bertz CT molecular complexity index is 429. The van der Waals surface area contributed by atoms with Crippen molar-refractivity contribution in [3.05, 3.63) is 29.3 Å². The average molecular weight is 310 g/mol. The Hall–Kier alpha value is -0.730. The zero-order valence-corrected chi connectivity index (χ0v) is 14.2. The molecule has 1 aromatic rings. The van der Waals surface area contributed by atoms with E-state index in [-0.39, 0.29) is 6.10 Å². The highest BCUT2D eigenvalue weighted by molar-refractivity contribution is 6.30. The molecular weight excluding hydrogens is 282 g/mol. The van der Waals surface area contributed by atoms with Crippen molar-refractivity contribution in [2.24, 2.45) is 11.8 Å². The molecule has 0 saturated heterocycles. The van der Waals surface area contributed by atoms with Gasteiger partial charge >= 0.3 is 0 Å². The van der Waals surface area contributed by atoms with E-state index in [2.05, 4.69) is 26.2 Å². The lowest BCUT2D eigenvalue weighted by molar-refractivity contribution is 0.111. The summed E-state index contributed by atoms with van der Waals surface area (Å²) in [5, 5.41) is 4.21. The second-order valence-corrected chi connectivity index (χ2v) is 6.72. The number of halogens is 1. The number of likely N-dealkylation sites (N-methyl/N-ethyl adjacent to an activating group) is 1. The van der Waals surface area contributed by atoms with Crippen LogP contribution in [-0.2, 0) is 0 Å². The number of ether oxygens (including phenoxy) is 1. The van der Waals surface area contributed by atoms with Crippen LogP contribution in [0.25, 0.3) is 0 Å². The van der Waals surface area contributed by atoms with Gasteiger partial charge in [-0.05, 0) is 56.8 Å². The predicted molar refractivity (Wildman–Crippen MR) is 90.1 cm³/mol. The summed E-state index contributed by atoms with van der Waals surface area (Å²) in [6.45, 7) is 4.47. The van der Waals surface area contributed by atoms with Crippen LogP contribution in [0, 0.1) is 11.8 Å². The molecule has 1 saturated carbocycles. The van der Waals surface area contributed by atoms with Crippen LogP contribution in [0.4, 0.5) is 0 Å². The molecule has 1 aromatic carbocycles. The van der Waals surface area contributed by atoms with Crippen LogP contribution in [0.3, 0.4) is 0 Å². The van der Waals surface area contributed by atoms with Gasteiger partial charge in [-0.2, -0.15) is 0 Å². The van der Waals surface area contributed by atoms with Crippen LogP contribution < -0.4 is 10.1 Å². The SMILES string of the molecule is CCC1CCC(C(NC)C(C)Oc2cccc(Cl)c2)CC1. The molecule has 0 amide bonds. The fourth-order valence-corrected chi connectivity index (χ4v) is 3.82. The predicted octanol–water partition coefficient (Wildman–Crippen LogP) is 4.91. The second kappa shape index (κ2) is 8.05. The van der Waals surface area contributed by atoms with Gasteiger partial charge in [-0.15, -0.1) is 0 Å². The zero-order valence-electron chi connectivity index (χ0n) is 13.4. The molecule has 21 heavy (non-hydrogen) atoms. The third-order valence-electron chi connectivity index (χ3n) is 4.93. The van der Waals surface area contributed by atoms with E-state index in [4.69, 9.17) is 16.3 Å². The molecule has 2 rings (SSSR count). The van der Waals surface area contributed by atoms with Gasteiger partial charge < -0.3 is 10.1 Å². The van der Waals surface area contributed by atoms with Crippen molar-refractivity contribution < 1.29 is 4.74 Å². The largest absolute Gasteiger partial charge is 0.489 e. The van der Waals surface area contributed by atoms with E-state index in [1.807, 2.05) is 24.3 Å². The monoisotopic (exact) mass is 309 g/mol. The molecule has 0 radical (unpaired) electrons. The third-order valence-corrected chi connectivity index (χ3v) is 5.17. The quantitative estimate of drug-likeness (QED) is 0.806. The fraction of sp³-hybridized carbons (Fsp3) is 0.667. The summed E-state index contributed by atoms with van der Waals surface area (Å²) in [6, 6.07) is 8.08. The summed E-state index contributed by atoms with van der Waals surface area (Å²) in [7, 11) is 2.05. The lowest BCUT2D eigenvalue weighted by atomic mass is 9.76. The first-order valence-electron chi connectivity index (χ1n) is 8.23. The summed E-state index contributed by atoms with van der Waals surface area (Å²) in [5.41, 5.74) is 0. The summed E-state index contributed by atoms with van der Waals surface area (Å²) in [6.07, 6.45) is 6.83. The molecule has 0 aliphatic heterocycles. The molecule has 1 N–H and O–H groups in total. The maximum Gasteiger partial charge on any atom is 0.121 e. The Morgan fingerprint density at radius 3 is 2.57 bits per heavy atom. The van der Waals surface area contributed by atoms with E-state index >= 15 is 0 Å². The maximum atomic E-state index is 6.11. The zero-order chi connectivity index (χ0) is 15.2. The minimum Gasteiger partial charge on any atom is -0.489 e. The number of nitrogens with one attached hydrogen (secondary N) is 1. The molecule has 1 aliphatic rings. The highest BCUT2D eigenvalue weighted by Gasteiger charge is 2.30. The minimum atomic E-state index is 0.150. The molecule has 2 atom stereocenters. The standard InChI is InChI=1S/C18H28ClNO/c1-4-14-8-10-15(11-9-14)18(20-3)13(2)21-17-7-5-6-16(19)12-17/h5-7,12-15,18,20H,4,8-11H2,1-3H3. The molecule has 1 aliphatic carbocycles. The molecule has 3 heteroatoms. The van der Waals surface area contributed by atoms with Crippen LogP contribution in [0.5, 0.6) is 5.75 Å². The highest BCUT2D eigenvalue weighted by Crippen LogP contribution is 2.34. The minimum absolute atomic E-state index is 0.150. The summed E-state index contributed by atoms with van der Waals surface area (Å²) >= 11 is 6.03. The first kappa shape index (κ1) is 16.6. The first-order chi connectivity index (χ1) is 10.1. The van der Waals surface area contributed by atoms with E-state index in [1.54, 1.807) is 0 Å². The van der Waals surface area contributed by atoms with Gasteiger partial charge in [0.05, 0.1) is 0 Å². The normalized spacial score (nSPS) is 25.3. The van der Waals surface area contributed by atoms with Gasteiger partial charge in [-0.25, -0.2) is 0 Å². The number of rotatable bonds is 6. The van der Waals surface area contributed by atoms with Crippen molar-refractivity contribution in [3.63, 3.8) is 0 Å². The van der Waals surface area contributed by atoms with E-state index in [1.165, 1.54) is 32.1 Å². The highest BCUT2D eigenvalue weighted by atomic mass is 35.5. The first-order valence-corrected chi connectivity index (χ1v) is 8.61. The Morgan fingerprint density at radius 1 is 1.29 bits per heavy atom. The summed E-state index contributed by atoms with van der Waals surface area (Å²) < 4.78 is 6.11. The van der Waals surface area contributed by atoms with Gasteiger partial charge in [0.25, 0.3) is 0 Å². The van der Waals surface area contributed by atoms with Crippen molar-refractivity contribution in [2.45, 2.75) is 58.1 Å². The molecular formula is C18H28ClNO. The van der Waals surface area contributed by atoms with Gasteiger partial charge in [-0.3, -0.25) is 0 Å². The molecule has 2 unspecified atom stereocenters. The topological polar surface area (TPSA) is 21.3 Å². The van der Waals surface area contributed by atoms with E-state index in [0.717, 1.165) is 16.7 Å². The van der Waals surface area contributed by atoms with Crippen molar-refractivity contribution in [1.82, 2.24) is 5.32 Å². The van der Waals surface area contributed by atoms with Crippen LogP contribution >= 0.6 is 11.6 Å². The fourth-order valence-electron chi connectivity index (χ4n) is 3.64. The maximum absolute atomic E-state index is 6.11. The van der Waals surface area contributed by atoms with Crippen LogP contribution in [-0.4, -0.2) is 19.2 Å². The molecule has 1 fully saturated rings. The van der Waals surface area contributed by atoms with Crippen molar-refractivity contribution >= 4 is 11.6 Å². The average Bonchev–Trinajstić information content (AvgIpc) is 2.48. The van der Waals surface area contributed by atoms with E-state index in [9.17, 15) is 0 Å². The number of benzene rings is 1. The molecule has 0 spiro atoms. The smallest absolute Gasteiger partial charge is 0.121 e. The Balaban J connectivity index is 1.94. The lowest BCUT2D eigenvalue weighted by Crippen LogP contribution is -2.46.